The van der Waals surface area contributed by atoms with Crippen molar-refractivity contribution < 1.29 is 0 Å². The zero-order valence-corrected chi connectivity index (χ0v) is 12.0. The van der Waals surface area contributed by atoms with Crippen LogP contribution < -0.4 is 10.6 Å². The molecule has 98 valence electrons. The fourth-order valence-corrected chi connectivity index (χ4v) is 2.98. The molecule has 19 heavy (non-hydrogen) atoms. The van der Waals surface area contributed by atoms with Gasteiger partial charge in [0.1, 0.15) is 5.82 Å². The largest absolute Gasteiger partial charge is 0.368 e. The maximum atomic E-state index is 5.67. The number of nitrogen functional groups attached to an aromatic ring is 1. The van der Waals surface area contributed by atoms with Gasteiger partial charge in [-0.3, -0.25) is 0 Å². The van der Waals surface area contributed by atoms with Gasteiger partial charge in [-0.25, -0.2) is 4.98 Å². The third-order valence-electron chi connectivity index (χ3n) is 3.50. The summed E-state index contributed by atoms with van der Waals surface area (Å²) in [5, 5.41) is 0. The van der Waals surface area contributed by atoms with E-state index in [1.807, 2.05) is 0 Å². The smallest absolute Gasteiger partial charge is 0.222 e. The molecule has 1 fully saturated rings. The Morgan fingerprint density at radius 3 is 2.84 bits per heavy atom. The fourth-order valence-electron chi connectivity index (χ4n) is 2.54. The van der Waals surface area contributed by atoms with E-state index in [2.05, 4.69) is 61.1 Å². The topological polar surface area (TPSA) is 55.0 Å². The van der Waals surface area contributed by atoms with Crippen LogP contribution in [-0.2, 0) is 0 Å². The molecule has 0 radical (unpaired) electrons. The van der Waals surface area contributed by atoms with Gasteiger partial charge in [0.05, 0.1) is 4.47 Å². The van der Waals surface area contributed by atoms with Gasteiger partial charge in [-0.15, -0.1) is 0 Å². The normalized spacial score (nSPS) is 18.8. The molecule has 0 saturated carbocycles. The number of nitrogens with zero attached hydrogens (tertiary/aromatic N) is 3. The average Bonchev–Trinajstić information content (AvgIpc) is 2.92. The summed E-state index contributed by atoms with van der Waals surface area (Å²) in [6, 6.07) is 10.6. The van der Waals surface area contributed by atoms with Crippen molar-refractivity contribution in [2.45, 2.75) is 12.3 Å². The van der Waals surface area contributed by atoms with Crippen molar-refractivity contribution in [1.29, 1.82) is 0 Å². The van der Waals surface area contributed by atoms with Crippen LogP contribution in [0.5, 0.6) is 0 Å². The number of nitrogens with two attached hydrogens (primary N) is 1. The molecule has 1 aliphatic rings. The third-order valence-corrected chi connectivity index (χ3v) is 4.06. The van der Waals surface area contributed by atoms with Crippen molar-refractivity contribution in [3.63, 3.8) is 0 Å². The van der Waals surface area contributed by atoms with E-state index in [1.165, 1.54) is 5.56 Å². The Balaban J connectivity index is 1.81. The van der Waals surface area contributed by atoms with Crippen LogP contribution >= 0.6 is 15.9 Å². The van der Waals surface area contributed by atoms with Crippen LogP contribution in [0.25, 0.3) is 0 Å². The molecule has 0 amide bonds. The maximum Gasteiger partial charge on any atom is 0.222 e. The number of anilines is 2. The second-order valence-corrected chi connectivity index (χ2v) is 5.60. The highest BCUT2D eigenvalue weighted by molar-refractivity contribution is 9.10. The first-order chi connectivity index (χ1) is 9.24. The van der Waals surface area contributed by atoms with Crippen molar-refractivity contribution in [2.75, 3.05) is 23.7 Å². The van der Waals surface area contributed by atoms with Gasteiger partial charge >= 0.3 is 0 Å². The van der Waals surface area contributed by atoms with Gasteiger partial charge in [0, 0.05) is 25.2 Å². The summed E-state index contributed by atoms with van der Waals surface area (Å²) in [7, 11) is 0. The van der Waals surface area contributed by atoms with Crippen LogP contribution in [0.15, 0.2) is 41.0 Å². The summed E-state index contributed by atoms with van der Waals surface area (Å²) in [4.78, 5) is 10.6. The summed E-state index contributed by atoms with van der Waals surface area (Å²) < 4.78 is 0.899. The van der Waals surface area contributed by atoms with Gasteiger partial charge in [-0.05, 0) is 27.9 Å². The van der Waals surface area contributed by atoms with Crippen molar-refractivity contribution in [2.24, 2.45) is 0 Å². The van der Waals surface area contributed by atoms with Crippen molar-refractivity contribution in [1.82, 2.24) is 9.97 Å². The molecule has 1 unspecified atom stereocenters. The lowest BCUT2D eigenvalue weighted by molar-refractivity contribution is 0.774. The monoisotopic (exact) mass is 318 g/mol. The van der Waals surface area contributed by atoms with Gasteiger partial charge in [-0.1, -0.05) is 30.3 Å². The Hall–Kier alpha value is -1.62. The van der Waals surface area contributed by atoms with Crippen LogP contribution in [0, 0.1) is 0 Å². The van der Waals surface area contributed by atoms with Gasteiger partial charge in [-0.2, -0.15) is 4.98 Å². The summed E-state index contributed by atoms with van der Waals surface area (Å²) in [5.41, 5.74) is 7.06. The number of hydrogen-bond acceptors (Lipinski definition) is 4. The highest BCUT2D eigenvalue weighted by atomic mass is 79.9. The molecule has 2 aromatic rings. The highest BCUT2D eigenvalue weighted by Gasteiger charge is 2.26. The van der Waals surface area contributed by atoms with Gasteiger partial charge in [0.2, 0.25) is 5.95 Å². The maximum absolute atomic E-state index is 5.67. The molecular weight excluding hydrogens is 304 g/mol. The summed E-state index contributed by atoms with van der Waals surface area (Å²) in [5.74, 6) is 1.77. The van der Waals surface area contributed by atoms with Crippen molar-refractivity contribution >= 4 is 27.7 Å². The van der Waals surface area contributed by atoms with Crippen LogP contribution in [-0.4, -0.2) is 23.1 Å². The lowest BCUT2D eigenvalue weighted by atomic mass is 9.99. The van der Waals surface area contributed by atoms with E-state index in [4.69, 9.17) is 5.73 Å². The SMILES string of the molecule is Nc1ncc(Br)c(N2CCC(c3ccccc3)C2)n1. The van der Waals surface area contributed by atoms with Crippen molar-refractivity contribution in [3.8, 4) is 0 Å². The van der Waals surface area contributed by atoms with E-state index < -0.39 is 0 Å². The van der Waals surface area contributed by atoms with E-state index in [0.717, 1.165) is 29.8 Å². The molecule has 2 N–H and O–H groups in total. The molecule has 0 aliphatic carbocycles. The predicted molar refractivity (Wildman–Crippen MR) is 80.2 cm³/mol. The second-order valence-electron chi connectivity index (χ2n) is 4.74. The van der Waals surface area contributed by atoms with E-state index >= 15 is 0 Å². The Labute approximate surface area is 120 Å². The Morgan fingerprint density at radius 1 is 1.26 bits per heavy atom. The summed E-state index contributed by atoms with van der Waals surface area (Å²) in [6.45, 7) is 1.97. The first-order valence-corrected chi connectivity index (χ1v) is 7.11. The van der Waals surface area contributed by atoms with Gasteiger partial charge < -0.3 is 10.6 Å². The van der Waals surface area contributed by atoms with Crippen molar-refractivity contribution in [3.05, 3.63) is 46.6 Å². The highest BCUT2D eigenvalue weighted by Crippen LogP contribution is 2.33. The zero-order chi connectivity index (χ0) is 13.2. The Bertz CT molecular complexity index is 573. The van der Waals surface area contributed by atoms with Gasteiger partial charge in [0.15, 0.2) is 0 Å². The minimum Gasteiger partial charge on any atom is -0.368 e. The Morgan fingerprint density at radius 2 is 2.05 bits per heavy atom. The average molecular weight is 319 g/mol. The minimum atomic E-state index is 0.321. The summed E-state index contributed by atoms with van der Waals surface area (Å²) in [6.07, 6.45) is 2.86. The molecule has 4 nitrogen and oxygen atoms in total. The molecule has 1 saturated heterocycles. The van der Waals surface area contributed by atoms with E-state index in [9.17, 15) is 0 Å². The lowest BCUT2D eigenvalue weighted by Gasteiger charge is -2.19. The zero-order valence-electron chi connectivity index (χ0n) is 10.5. The first kappa shape index (κ1) is 12.4. The number of rotatable bonds is 2. The standard InChI is InChI=1S/C14H15BrN4/c15-12-8-17-14(16)18-13(12)19-7-6-11(9-19)10-4-2-1-3-5-10/h1-5,8,11H,6-7,9H2,(H2,16,17,18). The fraction of sp³-hybridized carbons (Fsp3) is 0.286. The second kappa shape index (κ2) is 5.17. The predicted octanol–water partition coefficient (Wildman–Crippen LogP) is 2.82. The quantitative estimate of drug-likeness (QED) is 0.925. The van der Waals surface area contributed by atoms with Crippen LogP contribution in [0.1, 0.15) is 17.9 Å². The van der Waals surface area contributed by atoms with Crippen LogP contribution in [0.4, 0.5) is 11.8 Å². The number of aromatic nitrogens is 2. The molecule has 1 atom stereocenters. The minimum absolute atomic E-state index is 0.321. The van der Waals surface area contributed by atoms with E-state index in [-0.39, 0.29) is 0 Å². The number of hydrogen-bond donors (Lipinski definition) is 1. The third kappa shape index (κ3) is 2.56. The molecule has 1 aromatic carbocycles. The first-order valence-electron chi connectivity index (χ1n) is 6.32. The molecule has 5 heteroatoms. The number of halogens is 1. The number of benzene rings is 1. The molecule has 1 aromatic heterocycles. The molecule has 2 heterocycles. The van der Waals surface area contributed by atoms with Crippen LogP contribution in [0.3, 0.4) is 0 Å². The molecule has 0 spiro atoms. The molecule has 3 rings (SSSR count). The van der Waals surface area contributed by atoms with E-state index in [0.29, 0.717) is 11.9 Å². The molecular formula is C14H15BrN4. The Kier molecular flexibility index (Phi) is 3.38. The van der Waals surface area contributed by atoms with E-state index in [1.54, 1.807) is 6.20 Å². The molecule has 1 aliphatic heterocycles. The lowest BCUT2D eigenvalue weighted by Crippen LogP contribution is -2.21. The summed E-state index contributed by atoms with van der Waals surface area (Å²) >= 11 is 3.49. The van der Waals surface area contributed by atoms with Crippen LogP contribution in [0.2, 0.25) is 0 Å². The van der Waals surface area contributed by atoms with Gasteiger partial charge in [0.25, 0.3) is 0 Å². The molecule has 0 bridgehead atoms.